The molecule has 0 saturated carbocycles. The maximum absolute atomic E-state index is 12.1. The molecule has 5 heteroatoms. The Balaban J connectivity index is 1.65. The summed E-state index contributed by atoms with van der Waals surface area (Å²) in [6.45, 7) is 2.18. The Bertz CT molecular complexity index is 634. The summed E-state index contributed by atoms with van der Waals surface area (Å²) in [5, 5.41) is 2.82. The van der Waals surface area contributed by atoms with Gasteiger partial charge in [0.05, 0.1) is 11.9 Å². The molecule has 0 bridgehead atoms. The van der Waals surface area contributed by atoms with Crippen LogP contribution in [0.25, 0.3) is 0 Å². The summed E-state index contributed by atoms with van der Waals surface area (Å²) < 4.78 is 0.952. The minimum Gasteiger partial charge on any atom is -0.370 e. The van der Waals surface area contributed by atoms with E-state index in [2.05, 4.69) is 31.1 Å². The minimum absolute atomic E-state index is 0.147. The van der Waals surface area contributed by atoms with Crippen LogP contribution in [0.4, 0.5) is 11.5 Å². The molecule has 0 spiro atoms. The summed E-state index contributed by atoms with van der Waals surface area (Å²) in [6.07, 6.45) is 5.62. The molecule has 0 unspecified atom stereocenters. The number of nitrogens with zero attached hydrogens (tertiary/aromatic N) is 2. The first kappa shape index (κ1) is 15.0. The van der Waals surface area contributed by atoms with Gasteiger partial charge in [-0.25, -0.2) is 4.98 Å². The predicted octanol–water partition coefficient (Wildman–Crippen LogP) is 4.09. The minimum atomic E-state index is -0.147. The molecule has 1 amide bonds. The Kier molecular flexibility index (Phi) is 4.73. The van der Waals surface area contributed by atoms with Gasteiger partial charge in [0, 0.05) is 23.1 Å². The van der Waals surface area contributed by atoms with Crippen LogP contribution in [0.15, 0.2) is 47.1 Å². The zero-order valence-electron chi connectivity index (χ0n) is 12.3. The lowest BCUT2D eigenvalue weighted by molar-refractivity contribution is 0.102. The Morgan fingerprint density at radius 3 is 2.41 bits per heavy atom. The van der Waals surface area contributed by atoms with E-state index in [1.54, 1.807) is 12.1 Å². The van der Waals surface area contributed by atoms with Crippen molar-refractivity contribution in [3.63, 3.8) is 0 Å². The van der Waals surface area contributed by atoms with Crippen LogP contribution in [0.1, 0.15) is 29.6 Å². The number of anilines is 2. The molecule has 1 aromatic heterocycles. The fraction of sp³-hybridized carbons (Fsp3) is 0.294. The van der Waals surface area contributed by atoms with Crippen LogP contribution >= 0.6 is 15.9 Å². The van der Waals surface area contributed by atoms with Crippen molar-refractivity contribution in [1.29, 1.82) is 0 Å². The number of amides is 1. The zero-order valence-corrected chi connectivity index (χ0v) is 13.8. The van der Waals surface area contributed by atoms with E-state index in [1.807, 2.05) is 30.5 Å². The van der Waals surface area contributed by atoms with Crippen LogP contribution in [0, 0.1) is 0 Å². The maximum atomic E-state index is 12.1. The molecule has 1 saturated heterocycles. The summed E-state index contributed by atoms with van der Waals surface area (Å²) >= 11 is 3.36. The lowest BCUT2D eigenvalue weighted by Gasteiger charge is -2.28. The van der Waals surface area contributed by atoms with Crippen molar-refractivity contribution in [2.45, 2.75) is 19.3 Å². The van der Waals surface area contributed by atoms with Gasteiger partial charge in [0.1, 0.15) is 5.82 Å². The first-order chi connectivity index (χ1) is 10.7. The summed E-state index contributed by atoms with van der Waals surface area (Å²) in [5.74, 6) is 0.430. The van der Waals surface area contributed by atoms with Crippen LogP contribution in [0.2, 0.25) is 0 Å². The Hall–Kier alpha value is -1.88. The molecule has 3 rings (SSSR count). The molecule has 2 heterocycles. The predicted molar refractivity (Wildman–Crippen MR) is 92.4 cm³/mol. The standard InChI is InChI=1S/C17H18BrN3O/c18-14-6-4-13(5-7-14)17(22)20-16-9-8-15(12-19-16)21-10-2-1-3-11-21/h4-9,12H,1-3,10-11H2,(H,19,20,22). The van der Waals surface area contributed by atoms with Crippen LogP contribution < -0.4 is 10.2 Å². The molecule has 1 aromatic carbocycles. The van der Waals surface area contributed by atoms with E-state index in [0.717, 1.165) is 23.2 Å². The topological polar surface area (TPSA) is 45.2 Å². The quantitative estimate of drug-likeness (QED) is 0.897. The fourth-order valence-corrected chi connectivity index (χ4v) is 2.85. The summed E-state index contributed by atoms with van der Waals surface area (Å²) in [4.78, 5) is 18.8. The number of nitrogens with one attached hydrogen (secondary N) is 1. The van der Waals surface area contributed by atoms with Gasteiger partial charge in [-0.2, -0.15) is 0 Å². The van der Waals surface area contributed by atoms with Gasteiger partial charge in [-0.05, 0) is 55.7 Å². The molecule has 2 aromatic rings. The van der Waals surface area contributed by atoms with E-state index in [-0.39, 0.29) is 5.91 Å². The third-order valence-corrected chi connectivity index (χ3v) is 4.35. The van der Waals surface area contributed by atoms with Crippen LogP contribution in [-0.2, 0) is 0 Å². The second kappa shape index (κ2) is 6.92. The van der Waals surface area contributed by atoms with Crippen LogP contribution in [-0.4, -0.2) is 24.0 Å². The van der Waals surface area contributed by atoms with Crippen molar-refractivity contribution in [3.8, 4) is 0 Å². The van der Waals surface area contributed by atoms with Crippen LogP contribution in [0.5, 0.6) is 0 Å². The number of benzene rings is 1. The average molecular weight is 360 g/mol. The van der Waals surface area contributed by atoms with E-state index in [4.69, 9.17) is 0 Å². The number of hydrogen-bond donors (Lipinski definition) is 1. The number of rotatable bonds is 3. The molecule has 22 heavy (non-hydrogen) atoms. The average Bonchev–Trinajstić information content (AvgIpc) is 2.57. The van der Waals surface area contributed by atoms with Gasteiger partial charge in [0.2, 0.25) is 0 Å². The number of hydrogen-bond acceptors (Lipinski definition) is 3. The molecule has 1 aliphatic heterocycles. The first-order valence-corrected chi connectivity index (χ1v) is 8.29. The van der Waals surface area contributed by atoms with E-state index in [9.17, 15) is 4.79 Å². The highest BCUT2D eigenvalue weighted by Crippen LogP contribution is 2.20. The van der Waals surface area contributed by atoms with E-state index in [0.29, 0.717) is 11.4 Å². The Morgan fingerprint density at radius 2 is 1.77 bits per heavy atom. The highest BCUT2D eigenvalue weighted by atomic mass is 79.9. The number of aromatic nitrogens is 1. The molecular weight excluding hydrogens is 342 g/mol. The van der Waals surface area contributed by atoms with Crippen molar-refractivity contribution >= 4 is 33.3 Å². The second-order valence-corrected chi connectivity index (χ2v) is 6.33. The lowest BCUT2D eigenvalue weighted by atomic mass is 10.1. The monoisotopic (exact) mass is 359 g/mol. The number of halogens is 1. The first-order valence-electron chi connectivity index (χ1n) is 7.50. The number of carbonyl (C=O) groups excluding carboxylic acids is 1. The molecular formula is C17H18BrN3O. The van der Waals surface area contributed by atoms with Crippen LogP contribution in [0.3, 0.4) is 0 Å². The SMILES string of the molecule is O=C(Nc1ccc(N2CCCCC2)cn1)c1ccc(Br)cc1. The molecule has 0 radical (unpaired) electrons. The third kappa shape index (κ3) is 3.65. The van der Waals surface area contributed by atoms with Crippen molar-refractivity contribution in [2.24, 2.45) is 0 Å². The molecule has 0 aliphatic carbocycles. The van der Waals surface area contributed by atoms with Crippen molar-refractivity contribution in [2.75, 3.05) is 23.3 Å². The van der Waals surface area contributed by atoms with Crippen molar-refractivity contribution < 1.29 is 4.79 Å². The van der Waals surface area contributed by atoms with Gasteiger partial charge in [-0.15, -0.1) is 0 Å². The van der Waals surface area contributed by atoms with E-state index < -0.39 is 0 Å². The number of carbonyl (C=O) groups is 1. The van der Waals surface area contributed by atoms with Gasteiger partial charge in [0.25, 0.3) is 5.91 Å². The zero-order chi connectivity index (χ0) is 15.4. The highest BCUT2D eigenvalue weighted by molar-refractivity contribution is 9.10. The van der Waals surface area contributed by atoms with Crippen molar-refractivity contribution in [1.82, 2.24) is 4.98 Å². The summed E-state index contributed by atoms with van der Waals surface area (Å²) in [7, 11) is 0. The fourth-order valence-electron chi connectivity index (χ4n) is 2.59. The van der Waals surface area contributed by atoms with E-state index >= 15 is 0 Å². The number of pyridine rings is 1. The lowest BCUT2D eigenvalue weighted by Crippen LogP contribution is -2.29. The van der Waals surface area contributed by atoms with Gasteiger partial charge < -0.3 is 10.2 Å². The van der Waals surface area contributed by atoms with Gasteiger partial charge in [-0.1, -0.05) is 15.9 Å². The smallest absolute Gasteiger partial charge is 0.256 e. The molecule has 1 N–H and O–H groups in total. The van der Waals surface area contributed by atoms with Gasteiger partial charge in [0.15, 0.2) is 0 Å². The largest absolute Gasteiger partial charge is 0.370 e. The van der Waals surface area contributed by atoms with Gasteiger partial charge in [-0.3, -0.25) is 4.79 Å². The van der Waals surface area contributed by atoms with Gasteiger partial charge >= 0.3 is 0 Å². The summed E-state index contributed by atoms with van der Waals surface area (Å²) in [6, 6.07) is 11.1. The second-order valence-electron chi connectivity index (χ2n) is 5.41. The molecule has 4 nitrogen and oxygen atoms in total. The van der Waals surface area contributed by atoms with E-state index in [1.165, 1.54) is 19.3 Å². The molecule has 1 aliphatic rings. The maximum Gasteiger partial charge on any atom is 0.256 e. The highest BCUT2D eigenvalue weighted by Gasteiger charge is 2.12. The molecule has 114 valence electrons. The summed E-state index contributed by atoms with van der Waals surface area (Å²) in [5.41, 5.74) is 1.74. The molecule has 0 atom stereocenters. The third-order valence-electron chi connectivity index (χ3n) is 3.82. The molecule has 1 fully saturated rings. The normalized spacial score (nSPS) is 14.7. The number of piperidine rings is 1. The van der Waals surface area contributed by atoms with Crippen molar-refractivity contribution in [3.05, 3.63) is 52.6 Å². The Morgan fingerprint density at radius 1 is 1.05 bits per heavy atom. The Labute approximate surface area is 138 Å².